The number of hydrogen-bond acceptors (Lipinski definition) is 3. The van der Waals surface area contributed by atoms with Gasteiger partial charge in [-0.25, -0.2) is 4.39 Å². The molecule has 0 heterocycles. The Labute approximate surface area is 83.1 Å². The predicted octanol–water partition coefficient (Wildman–Crippen LogP) is 2.08. The largest absolute Gasteiger partial charge is 0.375 e. The second kappa shape index (κ2) is 3.76. The molecule has 0 radical (unpaired) electrons. The first-order valence-corrected chi connectivity index (χ1v) is 3.85. The van der Waals surface area contributed by atoms with E-state index in [-0.39, 0.29) is 5.69 Å². The first-order chi connectivity index (χ1) is 6.86. The number of nitrogens with zero attached hydrogens (tertiary/aromatic N) is 2. The van der Waals surface area contributed by atoms with Gasteiger partial charge in [-0.2, -0.15) is 8.78 Å². The molecule has 1 rings (SSSR count). The van der Waals surface area contributed by atoms with Crippen molar-refractivity contribution in [2.24, 2.45) is 0 Å². The molecule has 0 saturated carbocycles. The van der Waals surface area contributed by atoms with Crippen LogP contribution in [0.5, 0.6) is 0 Å². The molecule has 4 nitrogen and oxygen atoms in total. The lowest BCUT2D eigenvalue weighted by atomic mass is 10.2. The van der Waals surface area contributed by atoms with E-state index in [1.54, 1.807) is 0 Å². The first-order valence-electron chi connectivity index (χ1n) is 3.85. The smallest absolute Gasteiger partial charge is 0.343 e. The molecular weight excluding hydrogens is 213 g/mol. The highest BCUT2D eigenvalue weighted by Gasteiger charge is 2.28. The van der Waals surface area contributed by atoms with Gasteiger partial charge in [0, 0.05) is 20.2 Å². The number of anilines is 1. The number of halogens is 3. The van der Waals surface area contributed by atoms with Crippen molar-refractivity contribution in [1.82, 2.24) is 0 Å². The van der Waals surface area contributed by atoms with Gasteiger partial charge in [-0.15, -0.1) is 0 Å². The molecule has 0 aromatic heterocycles. The Morgan fingerprint density at radius 3 is 2.20 bits per heavy atom. The molecule has 82 valence electrons. The molecule has 0 aliphatic rings. The fourth-order valence-corrected chi connectivity index (χ4v) is 1.07. The average Bonchev–Trinajstić information content (AvgIpc) is 2.10. The van der Waals surface area contributed by atoms with Gasteiger partial charge in [-0.1, -0.05) is 0 Å². The molecule has 1 aromatic rings. The van der Waals surface area contributed by atoms with E-state index in [1.807, 2.05) is 0 Å². The van der Waals surface area contributed by atoms with Gasteiger partial charge >= 0.3 is 5.69 Å². The number of nitro groups is 1. The lowest BCUT2D eigenvalue weighted by molar-refractivity contribution is -0.390. The van der Waals surface area contributed by atoms with Crippen LogP contribution in [-0.4, -0.2) is 19.0 Å². The summed E-state index contributed by atoms with van der Waals surface area (Å²) in [4.78, 5) is 10.0. The molecule has 0 aliphatic heterocycles. The summed E-state index contributed by atoms with van der Waals surface area (Å²) in [6, 6.07) is 0.580. The van der Waals surface area contributed by atoms with E-state index < -0.39 is 28.1 Å². The Balaban J connectivity index is 3.51. The van der Waals surface area contributed by atoms with Crippen molar-refractivity contribution < 1.29 is 18.1 Å². The average molecular weight is 220 g/mol. The molecule has 0 saturated heterocycles. The van der Waals surface area contributed by atoms with Crippen LogP contribution in [0.4, 0.5) is 24.5 Å². The highest BCUT2D eigenvalue weighted by Crippen LogP contribution is 2.30. The Morgan fingerprint density at radius 2 is 1.80 bits per heavy atom. The minimum atomic E-state index is -1.79. The second-order valence-electron chi connectivity index (χ2n) is 3.01. The van der Waals surface area contributed by atoms with Crippen LogP contribution in [0.3, 0.4) is 0 Å². The van der Waals surface area contributed by atoms with E-state index in [4.69, 9.17) is 0 Å². The Hall–Kier alpha value is -1.79. The normalized spacial score (nSPS) is 10.2. The molecule has 0 bridgehead atoms. The molecule has 0 spiro atoms. The molecule has 1 aromatic carbocycles. The van der Waals surface area contributed by atoms with Gasteiger partial charge in [0.25, 0.3) is 0 Å². The third-order valence-corrected chi connectivity index (χ3v) is 1.78. The molecule has 7 heteroatoms. The maximum atomic E-state index is 13.2. The molecule has 0 aliphatic carbocycles. The third-order valence-electron chi connectivity index (χ3n) is 1.78. The minimum Gasteiger partial charge on any atom is -0.375 e. The zero-order chi connectivity index (χ0) is 11.7. The van der Waals surface area contributed by atoms with Crippen LogP contribution < -0.4 is 4.90 Å². The van der Waals surface area contributed by atoms with Gasteiger partial charge in [0.05, 0.1) is 10.6 Å². The zero-order valence-electron chi connectivity index (χ0n) is 7.92. The Bertz CT molecular complexity index is 421. The molecular formula is C8H7F3N2O2. The van der Waals surface area contributed by atoms with Crippen molar-refractivity contribution in [3.8, 4) is 0 Å². The van der Waals surface area contributed by atoms with E-state index >= 15 is 0 Å². The van der Waals surface area contributed by atoms with Crippen molar-refractivity contribution in [2.75, 3.05) is 19.0 Å². The van der Waals surface area contributed by atoms with E-state index in [9.17, 15) is 23.3 Å². The summed E-state index contributed by atoms with van der Waals surface area (Å²) in [5, 5.41) is 10.2. The van der Waals surface area contributed by atoms with Gasteiger partial charge in [0.2, 0.25) is 11.6 Å². The van der Waals surface area contributed by atoms with Gasteiger partial charge in [-0.05, 0) is 0 Å². The van der Waals surface area contributed by atoms with Crippen molar-refractivity contribution in [2.45, 2.75) is 0 Å². The van der Waals surface area contributed by atoms with Crippen molar-refractivity contribution >= 4 is 11.4 Å². The van der Waals surface area contributed by atoms with Crippen LogP contribution in [-0.2, 0) is 0 Å². The molecule has 0 atom stereocenters. The SMILES string of the molecule is CN(C)c1cc(F)c([N+](=O)[O-])c(F)c1F. The molecule has 0 N–H and O–H groups in total. The summed E-state index contributed by atoms with van der Waals surface area (Å²) >= 11 is 0. The van der Waals surface area contributed by atoms with Crippen LogP contribution >= 0.6 is 0 Å². The molecule has 15 heavy (non-hydrogen) atoms. The highest BCUT2D eigenvalue weighted by atomic mass is 19.2. The highest BCUT2D eigenvalue weighted by molar-refractivity contribution is 5.53. The predicted molar refractivity (Wildman–Crippen MR) is 47.3 cm³/mol. The Morgan fingerprint density at radius 1 is 1.27 bits per heavy atom. The monoisotopic (exact) mass is 220 g/mol. The standard InChI is InChI=1S/C8H7F3N2O2/c1-12(2)5-3-4(9)8(13(14)15)7(11)6(5)10/h3H,1-2H3. The molecule has 0 amide bonds. The van der Waals surface area contributed by atoms with Gasteiger partial charge < -0.3 is 4.90 Å². The van der Waals surface area contributed by atoms with E-state index in [2.05, 4.69) is 0 Å². The molecule has 0 unspecified atom stereocenters. The zero-order valence-corrected chi connectivity index (χ0v) is 7.92. The quantitative estimate of drug-likeness (QED) is 0.435. The molecule has 0 fully saturated rings. The van der Waals surface area contributed by atoms with Crippen LogP contribution in [0.1, 0.15) is 0 Å². The Kier molecular flexibility index (Phi) is 2.83. The number of hydrogen-bond donors (Lipinski definition) is 0. The maximum Gasteiger partial charge on any atom is 0.343 e. The summed E-state index contributed by atoms with van der Waals surface area (Å²) in [6.45, 7) is 0. The van der Waals surface area contributed by atoms with E-state index in [1.165, 1.54) is 14.1 Å². The third kappa shape index (κ3) is 1.85. The van der Waals surface area contributed by atoms with Crippen molar-refractivity contribution in [3.05, 3.63) is 33.6 Å². The van der Waals surface area contributed by atoms with Crippen LogP contribution in [0.25, 0.3) is 0 Å². The van der Waals surface area contributed by atoms with Gasteiger partial charge in [0.15, 0.2) is 5.82 Å². The summed E-state index contributed by atoms with van der Waals surface area (Å²) in [5.41, 5.74) is -1.85. The summed E-state index contributed by atoms with van der Waals surface area (Å²) in [6.07, 6.45) is 0. The number of rotatable bonds is 2. The van der Waals surface area contributed by atoms with Gasteiger partial charge in [-0.3, -0.25) is 10.1 Å². The van der Waals surface area contributed by atoms with Crippen LogP contribution in [0.2, 0.25) is 0 Å². The topological polar surface area (TPSA) is 46.4 Å². The number of benzene rings is 1. The summed E-state index contributed by atoms with van der Waals surface area (Å²) in [5.74, 6) is -4.63. The van der Waals surface area contributed by atoms with E-state index in [0.29, 0.717) is 6.07 Å². The minimum absolute atomic E-state index is 0.379. The summed E-state index contributed by atoms with van der Waals surface area (Å²) < 4.78 is 39.2. The maximum absolute atomic E-state index is 13.2. The van der Waals surface area contributed by atoms with Gasteiger partial charge in [0.1, 0.15) is 0 Å². The lowest BCUT2D eigenvalue weighted by Crippen LogP contribution is -2.13. The first kappa shape index (κ1) is 11.3. The van der Waals surface area contributed by atoms with E-state index in [0.717, 1.165) is 4.90 Å². The van der Waals surface area contributed by atoms with Crippen molar-refractivity contribution in [1.29, 1.82) is 0 Å². The lowest BCUT2D eigenvalue weighted by Gasteiger charge is -2.13. The fourth-order valence-electron chi connectivity index (χ4n) is 1.07. The van der Waals surface area contributed by atoms with Crippen molar-refractivity contribution in [3.63, 3.8) is 0 Å². The number of nitro benzene ring substituents is 1. The van der Waals surface area contributed by atoms with Crippen LogP contribution in [0, 0.1) is 27.6 Å². The fraction of sp³-hybridized carbons (Fsp3) is 0.250. The second-order valence-corrected chi connectivity index (χ2v) is 3.01. The summed E-state index contributed by atoms with van der Waals surface area (Å²) in [7, 11) is 2.73. The van der Waals surface area contributed by atoms with Crippen LogP contribution in [0.15, 0.2) is 6.07 Å².